The molecule has 1 N–H and O–H groups in total. The summed E-state index contributed by atoms with van der Waals surface area (Å²) < 4.78 is 5.19. The van der Waals surface area contributed by atoms with Crippen molar-refractivity contribution in [1.82, 2.24) is 9.80 Å². The maximum Gasteiger partial charge on any atom is 0.238 e. The highest BCUT2D eigenvalue weighted by Crippen LogP contribution is 2.22. The molecular formula is C14H19N3O3. The Bertz CT molecular complexity index is 470. The molecule has 1 aromatic rings. The average molecular weight is 277 g/mol. The smallest absolute Gasteiger partial charge is 0.238 e. The van der Waals surface area contributed by atoms with Crippen LogP contribution in [0.5, 0.6) is 5.75 Å². The van der Waals surface area contributed by atoms with Crippen molar-refractivity contribution in [3.8, 4) is 5.75 Å². The minimum Gasteiger partial charge on any atom is -0.495 e. The van der Waals surface area contributed by atoms with Gasteiger partial charge in [0.15, 0.2) is 0 Å². The molecule has 0 saturated carbocycles. The first-order valence-corrected chi connectivity index (χ1v) is 6.57. The van der Waals surface area contributed by atoms with Gasteiger partial charge in [-0.15, -0.1) is 0 Å². The number of nitrogens with one attached hydrogen (secondary N) is 1. The number of hydrogen-bond donors (Lipinski definition) is 1. The molecule has 0 unspecified atom stereocenters. The van der Waals surface area contributed by atoms with E-state index < -0.39 is 0 Å². The van der Waals surface area contributed by atoms with Crippen LogP contribution in [0, 0.1) is 0 Å². The van der Waals surface area contributed by atoms with E-state index in [-0.39, 0.29) is 5.91 Å². The van der Waals surface area contributed by atoms with Gasteiger partial charge in [-0.05, 0) is 12.1 Å². The van der Waals surface area contributed by atoms with E-state index in [9.17, 15) is 9.59 Å². The molecule has 1 saturated heterocycles. The molecule has 1 heterocycles. The Morgan fingerprint density at radius 3 is 2.65 bits per heavy atom. The number of anilines is 1. The normalized spacial score (nSPS) is 15.8. The summed E-state index contributed by atoms with van der Waals surface area (Å²) in [6.45, 7) is 3.11. The van der Waals surface area contributed by atoms with Crippen LogP contribution in [0.25, 0.3) is 0 Å². The molecule has 0 aromatic heterocycles. The summed E-state index contributed by atoms with van der Waals surface area (Å²) in [7, 11) is 1.57. The first kappa shape index (κ1) is 14.3. The van der Waals surface area contributed by atoms with E-state index in [1.807, 2.05) is 17.0 Å². The van der Waals surface area contributed by atoms with Gasteiger partial charge in [-0.2, -0.15) is 0 Å². The minimum atomic E-state index is -0.0750. The van der Waals surface area contributed by atoms with Gasteiger partial charge >= 0.3 is 0 Å². The lowest BCUT2D eigenvalue weighted by Gasteiger charge is -2.31. The van der Waals surface area contributed by atoms with E-state index in [1.54, 1.807) is 24.1 Å². The third kappa shape index (κ3) is 3.71. The third-order valence-corrected chi connectivity index (χ3v) is 3.30. The van der Waals surface area contributed by atoms with Crippen LogP contribution in [0.4, 0.5) is 5.69 Å². The van der Waals surface area contributed by atoms with Gasteiger partial charge in [0, 0.05) is 26.2 Å². The molecule has 0 aliphatic carbocycles. The zero-order chi connectivity index (χ0) is 14.4. The SMILES string of the molecule is COc1ccccc1NC(=O)CN1CCN(C=O)CC1. The lowest BCUT2D eigenvalue weighted by atomic mass is 10.3. The van der Waals surface area contributed by atoms with Crippen molar-refractivity contribution in [3.05, 3.63) is 24.3 Å². The molecule has 2 amide bonds. The molecule has 0 bridgehead atoms. The second-order valence-corrected chi connectivity index (χ2v) is 4.67. The van der Waals surface area contributed by atoms with Crippen LogP contribution in [0.1, 0.15) is 0 Å². The topological polar surface area (TPSA) is 61.9 Å². The Balaban J connectivity index is 1.85. The van der Waals surface area contributed by atoms with E-state index in [4.69, 9.17) is 4.74 Å². The first-order chi connectivity index (χ1) is 9.72. The highest BCUT2D eigenvalue weighted by Gasteiger charge is 2.18. The van der Waals surface area contributed by atoms with Crippen molar-refractivity contribution in [2.24, 2.45) is 0 Å². The van der Waals surface area contributed by atoms with Gasteiger partial charge < -0.3 is 15.0 Å². The van der Waals surface area contributed by atoms with Crippen molar-refractivity contribution < 1.29 is 14.3 Å². The molecule has 0 atom stereocenters. The lowest BCUT2D eigenvalue weighted by molar-refractivity contribution is -0.120. The van der Waals surface area contributed by atoms with Crippen molar-refractivity contribution in [3.63, 3.8) is 0 Å². The van der Waals surface area contributed by atoms with Gasteiger partial charge in [0.1, 0.15) is 5.75 Å². The predicted octanol–water partition coefficient (Wildman–Crippen LogP) is 0.408. The number of nitrogens with zero attached hydrogens (tertiary/aromatic N) is 2. The number of benzene rings is 1. The zero-order valence-corrected chi connectivity index (χ0v) is 11.5. The van der Waals surface area contributed by atoms with E-state index >= 15 is 0 Å². The quantitative estimate of drug-likeness (QED) is 0.792. The molecule has 6 nitrogen and oxygen atoms in total. The summed E-state index contributed by atoms with van der Waals surface area (Å²) in [5.41, 5.74) is 0.673. The van der Waals surface area contributed by atoms with Crippen molar-refractivity contribution in [1.29, 1.82) is 0 Å². The highest BCUT2D eigenvalue weighted by atomic mass is 16.5. The number of methoxy groups -OCH3 is 1. The van der Waals surface area contributed by atoms with Crippen molar-refractivity contribution >= 4 is 18.0 Å². The Labute approximate surface area is 118 Å². The summed E-state index contributed by atoms with van der Waals surface area (Å²) >= 11 is 0. The second kappa shape index (κ2) is 6.91. The minimum absolute atomic E-state index is 0.0750. The van der Waals surface area contributed by atoms with Gasteiger partial charge in [-0.1, -0.05) is 12.1 Å². The Morgan fingerprint density at radius 1 is 1.30 bits per heavy atom. The lowest BCUT2D eigenvalue weighted by Crippen LogP contribution is -2.48. The number of rotatable bonds is 5. The largest absolute Gasteiger partial charge is 0.495 e. The van der Waals surface area contributed by atoms with Crippen LogP contribution in [-0.2, 0) is 9.59 Å². The number of piperazine rings is 1. The van der Waals surface area contributed by atoms with Crippen LogP contribution in [-0.4, -0.2) is 62.0 Å². The number of carbonyl (C=O) groups excluding carboxylic acids is 2. The second-order valence-electron chi connectivity index (χ2n) is 4.67. The summed E-state index contributed by atoms with van der Waals surface area (Å²) in [5.74, 6) is 0.570. The fourth-order valence-corrected chi connectivity index (χ4v) is 2.17. The number of para-hydroxylation sites is 2. The highest BCUT2D eigenvalue weighted by molar-refractivity contribution is 5.93. The standard InChI is InChI=1S/C14H19N3O3/c1-20-13-5-3-2-4-12(13)15-14(19)10-16-6-8-17(11-18)9-7-16/h2-5,11H,6-10H2,1H3,(H,15,19). The fraction of sp³-hybridized carbons (Fsp3) is 0.429. The number of amides is 2. The number of hydrogen-bond acceptors (Lipinski definition) is 4. The molecule has 108 valence electrons. The van der Waals surface area contributed by atoms with E-state index in [0.717, 1.165) is 19.5 Å². The molecule has 1 fully saturated rings. The molecule has 1 aromatic carbocycles. The summed E-state index contributed by atoms with van der Waals surface area (Å²) in [6.07, 6.45) is 0.853. The van der Waals surface area contributed by atoms with Gasteiger partial charge in [0.2, 0.25) is 12.3 Å². The molecule has 1 aliphatic heterocycles. The molecule has 1 aliphatic rings. The molecule has 0 spiro atoms. The third-order valence-electron chi connectivity index (χ3n) is 3.30. The fourth-order valence-electron chi connectivity index (χ4n) is 2.17. The van der Waals surface area contributed by atoms with Crippen LogP contribution < -0.4 is 10.1 Å². The Hall–Kier alpha value is -2.08. The molecule has 6 heteroatoms. The maximum absolute atomic E-state index is 12.0. The van der Waals surface area contributed by atoms with Crippen molar-refractivity contribution in [2.75, 3.05) is 45.2 Å². The van der Waals surface area contributed by atoms with E-state index in [2.05, 4.69) is 5.32 Å². The molecular weight excluding hydrogens is 258 g/mol. The Morgan fingerprint density at radius 2 is 2.00 bits per heavy atom. The first-order valence-electron chi connectivity index (χ1n) is 6.57. The monoisotopic (exact) mass is 277 g/mol. The van der Waals surface area contributed by atoms with Crippen LogP contribution >= 0.6 is 0 Å². The summed E-state index contributed by atoms with van der Waals surface area (Å²) in [5, 5.41) is 2.85. The van der Waals surface area contributed by atoms with E-state index in [1.165, 1.54) is 0 Å². The summed E-state index contributed by atoms with van der Waals surface area (Å²) in [4.78, 5) is 26.4. The maximum atomic E-state index is 12.0. The molecule has 0 radical (unpaired) electrons. The molecule has 20 heavy (non-hydrogen) atoms. The summed E-state index contributed by atoms with van der Waals surface area (Å²) in [6, 6.07) is 7.31. The van der Waals surface area contributed by atoms with Crippen LogP contribution in [0.15, 0.2) is 24.3 Å². The van der Waals surface area contributed by atoms with Gasteiger partial charge in [-0.3, -0.25) is 14.5 Å². The molecule has 2 rings (SSSR count). The average Bonchev–Trinajstić information content (AvgIpc) is 2.48. The van der Waals surface area contributed by atoms with Crippen molar-refractivity contribution in [2.45, 2.75) is 0 Å². The van der Waals surface area contributed by atoms with Crippen LogP contribution in [0.3, 0.4) is 0 Å². The van der Waals surface area contributed by atoms with E-state index in [0.29, 0.717) is 31.1 Å². The Kier molecular flexibility index (Phi) is 4.95. The zero-order valence-electron chi connectivity index (χ0n) is 11.5. The predicted molar refractivity (Wildman–Crippen MR) is 75.7 cm³/mol. The van der Waals surface area contributed by atoms with Gasteiger partial charge in [0.05, 0.1) is 19.3 Å². The van der Waals surface area contributed by atoms with Gasteiger partial charge in [-0.25, -0.2) is 0 Å². The number of ether oxygens (including phenoxy) is 1. The number of carbonyl (C=O) groups is 2. The van der Waals surface area contributed by atoms with Gasteiger partial charge in [0.25, 0.3) is 0 Å². The van der Waals surface area contributed by atoms with Crippen LogP contribution in [0.2, 0.25) is 0 Å².